The summed E-state index contributed by atoms with van der Waals surface area (Å²) in [7, 11) is 0. The van der Waals surface area contributed by atoms with E-state index in [0.717, 1.165) is 6.07 Å². The Morgan fingerprint density at radius 1 is 1.23 bits per heavy atom. The van der Waals surface area contributed by atoms with Gasteiger partial charge in [0.2, 0.25) is 11.8 Å². The van der Waals surface area contributed by atoms with Crippen LogP contribution >= 0.6 is 0 Å². The molecule has 2 rings (SSSR count). The first-order valence-corrected chi connectivity index (χ1v) is 7.05. The Balaban J connectivity index is 1.93. The number of halogens is 3. The summed E-state index contributed by atoms with van der Waals surface area (Å²) >= 11 is 0. The van der Waals surface area contributed by atoms with E-state index >= 15 is 0 Å². The van der Waals surface area contributed by atoms with E-state index in [2.05, 4.69) is 10.6 Å². The molecule has 0 saturated heterocycles. The summed E-state index contributed by atoms with van der Waals surface area (Å²) in [5, 5.41) is 5.06. The van der Waals surface area contributed by atoms with E-state index in [-0.39, 0.29) is 36.4 Å². The van der Waals surface area contributed by atoms with E-state index < -0.39 is 17.6 Å². The van der Waals surface area contributed by atoms with E-state index in [0.29, 0.717) is 6.42 Å². The molecule has 0 heterocycles. The third-order valence-corrected chi connectivity index (χ3v) is 3.57. The molecule has 0 bridgehead atoms. The SMILES string of the molecule is CCC(=O)NCC(=O)N[C@@H]1C[C@@H]1c1ccccc1C(F)(F)F. The van der Waals surface area contributed by atoms with Crippen LogP contribution in [0.15, 0.2) is 24.3 Å². The molecule has 0 radical (unpaired) electrons. The first-order valence-electron chi connectivity index (χ1n) is 7.05. The van der Waals surface area contributed by atoms with Gasteiger partial charge in [0, 0.05) is 18.4 Å². The van der Waals surface area contributed by atoms with Gasteiger partial charge in [0.15, 0.2) is 0 Å². The van der Waals surface area contributed by atoms with Crippen LogP contribution in [0.4, 0.5) is 13.2 Å². The molecule has 0 unspecified atom stereocenters. The molecule has 0 spiro atoms. The quantitative estimate of drug-likeness (QED) is 0.875. The van der Waals surface area contributed by atoms with E-state index in [9.17, 15) is 22.8 Å². The molecule has 0 aliphatic heterocycles. The van der Waals surface area contributed by atoms with Crippen molar-refractivity contribution in [3.63, 3.8) is 0 Å². The lowest BCUT2D eigenvalue weighted by Gasteiger charge is -2.12. The summed E-state index contributed by atoms with van der Waals surface area (Å²) in [5.74, 6) is -0.965. The van der Waals surface area contributed by atoms with E-state index in [4.69, 9.17) is 0 Å². The molecule has 22 heavy (non-hydrogen) atoms. The van der Waals surface area contributed by atoms with Gasteiger partial charge in [0.25, 0.3) is 0 Å². The highest BCUT2D eigenvalue weighted by Gasteiger charge is 2.44. The summed E-state index contributed by atoms with van der Waals surface area (Å²) in [4.78, 5) is 22.7. The lowest BCUT2D eigenvalue weighted by Crippen LogP contribution is -2.38. The van der Waals surface area contributed by atoms with Crippen molar-refractivity contribution in [2.75, 3.05) is 6.54 Å². The topological polar surface area (TPSA) is 58.2 Å². The van der Waals surface area contributed by atoms with Gasteiger partial charge in [-0.05, 0) is 18.1 Å². The third-order valence-electron chi connectivity index (χ3n) is 3.57. The Morgan fingerprint density at radius 3 is 2.55 bits per heavy atom. The molecule has 2 amide bonds. The summed E-state index contributed by atoms with van der Waals surface area (Å²) in [6, 6.07) is 5.09. The molecule has 1 fully saturated rings. The molecule has 4 nitrogen and oxygen atoms in total. The van der Waals surface area contributed by atoms with Crippen LogP contribution < -0.4 is 10.6 Å². The summed E-state index contributed by atoms with van der Waals surface area (Å²) < 4.78 is 38.8. The van der Waals surface area contributed by atoms with Gasteiger partial charge in [-0.2, -0.15) is 13.2 Å². The number of carbonyl (C=O) groups excluding carboxylic acids is 2. The standard InChI is InChI=1S/C15H17F3N2O2/c1-2-13(21)19-8-14(22)20-12-7-10(12)9-5-3-4-6-11(9)15(16,17)18/h3-6,10,12H,2,7-8H2,1H3,(H,19,21)(H,20,22)/t10-,12-/m1/s1. The second-order valence-corrected chi connectivity index (χ2v) is 5.23. The van der Waals surface area contributed by atoms with Crippen molar-refractivity contribution in [2.24, 2.45) is 0 Å². The van der Waals surface area contributed by atoms with Crippen molar-refractivity contribution in [1.29, 1.82) is 0 Å². The maximum atomic E-state index is 12.9. The molecule has 120 valence electrons. The van der Waals surface area contributed by atoms with Crippen LogP contribution in [-0.2, 0) is 15.8 Å². The molecule has 1 aromatic rings. The van der Waals surface area contributed by atoms with Crippen LogP contribution in [0, 0.1) is 0 Å². The minimum Gasteiger partial charge on any atom is -0.351 e. The minimum atomic E-state index is -4.40. The minimum absolute atomic E-state index is 0.156. The Kier molecular flexibility index (Phi) is 4.73. The Labute approximate surface area is 126 Å². The van der Waals surface area contributed by atoms with Gasteiger partial charge in [-0.15, -0.1) is 0 Å². The first-order chi connectivity index (χ1) is 10.3. The fourth-order valence-electron chi connectivity index (χ4n) is 2.34. The molecule has 2 atom stereocenters. The number of benzene rings is 1. The Morgan fingerprint density at radius 2 is 1.91 bits per heavy atom. The lowest BCUT2D eigenvalue weighted by molar-refractivity contribution is -0.138. The van der Waals surface area contributed by atoms with E-state index in [1.165, 1.54) is 12.1 Å². The van der Waals surface area contributed by atoms with E-state index in [1.807, 2.05) is 0 Å². The van der Waals surface area contributed by atoms with Crippen LogP contribution in [0.25, 0.3) is 0 Å². The second-order valence-electron chi connectivity index (χ2n) is 5.23. The number of amides is 2. The highest BCUT2D eigenvalue weighted by Crippen LogP contribution is 2.46. The predicted molar refractivity (Wildman–Crippen MR) is 74.0 cm³/mol. The molecule has 1 aliphatic rings. The predicted octanol–water partition coefficient (Wildman–Crippen LogP) is 2.20. The largest absolute Gasteiger partial charge is 0.416 e. The van der Waals surface area contributed by atoms with Crippen LogP contribution in [0.1, 0.15) is 36.8 Å². The van der Waals surface area contributed by atoms with Gasteiger partial charge in [-0.3, -0.25) is 9.59 Å². The molecule has 1 saturated carbocycles. The zero-order valence-electron chi connectivity index (χ0n) is 12.0. The van der Waals surface area contributed by atoms with E-state index in [1.54, 1.807) is 13.0 Å². The smallest absolute Gasteiger partial charge is 0.351 e. The highest BCUT2D eigenvalue weighted by molar-refractivity contribution is 5.84. The number of nitrogens with one attached hydrogen (secondary N) is 2. The summed E-state index contributed by atoms with van der Waals surface area (Å²) in [6.45, 7) is 1.51. The van der Waals surface area contributed by atoms with Crippen molar-refractivity contribution in [3.05, 3.63) is 35.4 Å². The fourth-order valence-corrected chi connectivity index (χ4v) is 2.34. The number of hydrogen-bond acceptors (Lipinski definition) is 2. The maximum Gasteiger partial charge on any atom is 0.416 e. The zero-order chi connectivity index (χ0) is 16.3. The van der Waals surface area contributed by atoms with Crippen molar-refractivity contribution in [1.82, 2.24) is 10.6 Å². The van der Waals surface area contributed by atoms with Gasteiger partial charge in [0.1, 0.15) is 0 Å². The third kappa shape index (κ3) is 3.99. The van der Waals surface area contributed by atoms with Crippen LogP contribution in [-0.4, -0.2) is 24.4 Å². The molecular weight excluding hydrogens is 297 g/mol. The van der Waals surface area contributed by atoms with Gasteiger partial charge in [0.05, 0.1) is 12.1 Å². The van der Waals surface area contributed by atoms with Crippen molar-refractivity contribution in [2.45, 2.75) is 37.9 Å². The molecule has 1 aromatic carbocycles. The van der Waals surface area contributed by atoms with Gasteiger partial charge in [-0.25, -0.2) is 0 Å². The summed E-state index contributed by atoms with van der Waals surface area (Å²) in [5.41, 5.74) is -0.450. The lowest BCUT2D eigenvalue weighted by atomic mass is 10.0. The van der Waals surface area contributed by atoms with Gasteiger partial charge >= 0.3 is 6.18 Å². The number of carbonyl (C=O) groups is 2. The first kappa shape index (κ1) is 16.3. The average Bonchev–Trinajstić information content (AvgIpc) is 3.22. The van der Waals surface area contributed by atoms with Gasteiger partial charge in [-0.1, -0.05) is 25.1 Å². The summed E-state index contributed by atoms with van der Waals surface area (Å²) in [6.07, 6.45) is -3.65. The highest BCUT2D eigenvalue weighted by atomic mass is 19.4. The average molecular weight is 314 g/mol. The molecule has 1 aliphatic carbocycles. The van der Waals surface area contributed by atoms with Crippen molar-refractivity contribution < 1.29 is 22.8 Å². The van der Waals surface area contributed by atoms with Crippen molar-refractivity contribution in [3.8, 4) is 0 Å². The Hall–Kier alpha value is -2.05. The molecular formula is C15H17F3N2O2. The maximum absolute atomic E-state index is 12.9. The Bertz CT molecular complexity index is 572. The monoisotopic (exact) mass is 314 g/mol. The molecule has 0 aromatic heterocycles. The van der Waals surface area contributed by atoms with Crippen LogP contribution in [0.3, 0.4) is 0 Å². The molecule has 2 N–H and O–H groups in total. The van der Waals surface area contributed by atoms with Crippen LogP contribution in [0.2, 0.25) is 0 Å². The van der Waals surface area contributed by atoms with Crippen LogP contribution in [0.5, 0.6) is 0 Å². The number of rotatable bonds is 5. The van der Waals surface area contributed by atoms with Gasteiger partial charge < -0.3 is 10.6 Å². The zero-order valence-corrected chi connectivity index (χ0v) is 12.0. The second kappa shape index (κ2) is 6.37. The number of alkyl halides is 3. The number of hydrogen-bond donors (Lipinski definition) is 2. The molecule has 7 heteroatoms. The fraction of sp³-hybridized carbons (Fsp3) is 0.467. The normalized spacial score (nSPS) is 20.4. The van der Waals surface area contributed by atoms with Crippen molar-refractivity contribution >= 4 is 11.8 Å².